The molecule has 108 valence electrons. The van der Waals surface area contributed by atoms with Gasteiger partial charge in [-0.3, -0.25) is 0 Å². The van der Waals surface area contributed by atoms with Gasteiger partial charge in [0.2, 0.25) is 0 Å². The fourth-order valence-electron chi connectivity index (χ4n) is 2.47. The minimum absolute atomic E-state index is 0.212. The van der Waals surface area contributed by atoms with Gasteiger partial charge in [0.25, 0.3) is 0 Å². The monoisotopic (exact) mass is 347 g/mol. The SMILES string of the molecule is O=C(O)c1cccc2c1OCCN2Cc1ccccc1Br. The third kappa shape index (κ3) is 2.74. The normalized spacial score (nSPS) is 13.5. The highest BCUT2D eigenvalue weighted by Crippen LogP contribution is 2.36. The number of rotatable bonds is 3. The van der Waals surface area contributed by atoms with Crippen molar-refractivity contribution in [3.8, 4) is 5.75 Å². The van der Waals surface area contributed by atoms with Gasteiger partial charge in [-0.25, -0.2) is 4.79 Å². The maximum Gasteiger partial charge on any atom is 0.339 e. The molecule has 0 amide bonds. The summed E-state index contributed by atoms with van der Waals surface area (Å²) in [4.78, 5) is 13.4. The van der Waals surface area contributed by atoms with Gasteiger partial charge in [0.15, 0.2) is 5.75 Å². The van der Waals surface area contributed by atoms with Crippen LogP contribution in [0, 0.1) is 0 Å². The van der Waals surface area contributed by atoms with Crippen LogP contribution < -0.4 is 9.64 Å². The van der Waals surface area contributed by atoms with Crippen LogP contribution in [0.1, 0.15) is 15.9 Å². The molecule has 0 radical (unpaired) electrons. The number of ether oxygens (including phenoxy) is 1. The zero-order chi connectivity index (χ0) is 14.8. The fourth-order valence-corrected chi connectivity index (χ4v) is 2.88. The van der Waals surface area contributed by atoms with Gasteiger partial charge >= 0.3 is 5.97 Å². The summed E-state index contributed by atoms with van der Waals surface area (Å²) in [5.41, 5.74) is 2.20. The van der Waals surface area contributed by atoms with E-state index >= 15 is 0 Å². The summed E-state index contributed by atoms with van der Waals surface area (Å²) in [5, 5.41) is 9.25. The van der Waals surface area contributed by atoms with Crippen molar-refractivity contribution in [1.82, 2.24) is 0 Å². The highest BCUT2D eigenvalue weighted by atomic mass is 79.9. The number of benzene rings is 2. The number of carbonyl (C=O) groups is 1. The zero-order valence-corrected chi connectivity index (χ0v) is 12.8. The van der Waals surface area contributed by atoms with Crippen molar-refractivity contribution in [3.05, 3.63) is 58.1 Å². The molecule has 0 aromatic heterocycles. The van der Waals surface area contributed by atoms with Crippen molar-refractivity contribution < 1.29 is 14.6 Å². The molecule has 1 N–H and O–H groups in total. The summed E-state index contributed by atoms with van der Waals surface area (Å²) in [6.45, 7) is 1.93. The Morgan fingerprint density at radius 3 is 2.81 bits per heavy atom. The van der Waals surface area contributed by atoms with Gasteiger partial charge in [0.1, 0.15) is 12.2 Å². The molecular formula is C16H14BrNO3. The van der Waals surface area contributed by atoms with E-state index in [9.17, 15) is 9.90 Å². The maximum atomic E-state index is 11.3. The van der Waals surface area contributed by atoms with E-state index in [2.05, 4.69) is 26.9 Å². The van der Waals surface area contributed by atoms with Crippen LogP contribution in [-0.2, 0) is 6.54 Å². The Balaban J connectivity index is 1.96. The molecule has 4 nitrogen and oxygen atoms in total. The summed E-state index contributed by atoms with van der Waals surface area (Å²) < 4.78 is 6.63. The topological polar surface area (TPSA) is 49.8 Å². The number of carboxylic acid groups (broad SMARTS) is 1. The Kier molecular flexibility index (Phi) is 3.84. The van der Waals surface area contributed by atoms with Gasteiger partial charge in [0.05, 0.1) is 12.2 Å². The molecule has 21 heavy (non-hydrogen) atoms. The van der Waals surface area contributed by atoms with E-state index in [-0.39, 0.29) is 5.56 Å². The van der Waals surface area contributed by atoms with Crippen LogP contribution in [0.15, 0.2) is 46.9 Å². The lowest BCUT2D eigenvalue weighted by molar-refractivity contribution is 0.0692. The van der Waals surface area contributed by atoms with Crippen LogP contribution in [-0.4, -0.2) is 24.2 Å². The molecule has 1 aliphatic rings. The minimum Gasteiger partial charge on any atom is -0.489 e. The Labute approximate surface area is 131 Å². The van der Waals surface area contributed by atoms with Crippen molar-refractivity contribution in [3.63, 3.8) is 0 Å². The number of aromatic carboxylic acids is 1. The molecule has 1 aliphatic heterocycles. The zero-order valence-electron chi connectivity index (χ0n) is 11.3. The Morgan fingerprint density at radius 2 is 2.05 bits per heavy atom. The average molecular weight is 348 g/mol. The van der Waals surface area contributed by atoms with E-state index in [4.69, 9.17) is 4.74 Å². The predicted octanol–water partition coefficient (Wildman–Crippen LogP) is 3.55. The molecule has 2 aromatic rings. The first kappa shape index (κ1) is 13.9. The third-order valence-electron chi connectivity index (χ3n) is 3.49. The van der Waals surface area contributed by atoms with Crippen LogP contribution in [0.4, 0.5) is 5.69 Å². The minimum atomic E-state index is -0.963. The predicted molar refractivity (Wildman–Crippen MR) is 84.1 cm³/mol. The molecule has 0 fully saturated rings. The Bertz CT molecular complexity index is 687. The van der Waals surface area contributed by atoms with Crippen LogP contribution in [0.25, 0.3) is 0 Å². The van der Waals surface area contributed by atoms with E-state index < -0.39 is 5.97 Å². The molecular weight excluding hydrogens is 334 g/mol. The summed E-state index contributed by atoms with van der Waals surface area (Å²) in [6, 6.07) is 13.3. The summed E-state index contributed by atoms with van der Waals surface area (Å²) >= 11 is 3.55. The molecule has 0 spiro atoms. The second-order valence-corrected chi connectivity index (χ2v) is 5.67. The second kappa shape index (κ2) is 5.77. The number of carboxylic acids is 1. The van der Waals surface area contributed by atoms with Crippen LogP contribution in [0.2, 0.25) is 0 Å². The molecule has 0 unspecified atom stereocenters. The number of halogens is 1. The van der Waals surface area contributed by atoms with E-state index in [1.165, 1.54) is 0 Å². The van der Waals surface area contributed by atoms with Crippen molar-refractivity contribution >= 4 is 27.6 Å². The van der Waals surface area contributed by atoms with Gasteiger partial charge in [-0.1, -0.05) is 40.2 Å². The highest BCUT2D eigenvalue weighted by Gasteiger charge is 2.23. The van der Waals surface area contributed by atoms with Crippen molar-refractivity contribution in [2.75, 3.05) is 18.1 Å². The number of anilines is 1. The largest absolute Gasteiger partial charge is 0.489 e. The van der Waals surface area contributed by atoms with Crippen molar-refractivity contribution in [1.29, 1.82) is 0 Å². The molecule has 3 rings (SSSR count). The second-order valence-electron chi connectivity index (χ2n) is 4.82. The summed E-state index contributed by atoms with van der Waals surface area (Å²) in [7, 11) is 0. The van der Waals surface area contributed by atoms with Gasteiger partial charge in [0, 0.05) is 11.0 Å². The maximum absolute atomic E-state index is 11.3. The number of nitrogens with zero attached hydrogens (tertiary/aromatic N) is 1. The Morgan fingerprint density at radius 1 is 1.24 bits per heavy atom. The molecule has 2 aromatic carbocycles. The van der Waals surface area contributed by atoms with E-state index in [0.717, 1.165) is 22.3 Å². The highest BCUT2D eigenvalue weighted by molar-refractivity contribution is 9.10. The standard InChI is InChI=1S/C16H14BrNO3/c17-13-6-2-1-4-11(13)10-18-8-9-21-15-12(16(19)20)5-3-7-14(15)18/h1-7H,8-10H2,(H,19,20). The number of hydrogen-bond acceptors (Lipinski definition) is 3. The number of para-hydroxylation sites is 1. The van der Waals surface area contributed by atoms with E-state index in [1.54, 1.807) is 12.1 Å². The average Bonchev–Trinajstić information content (AvgIpc) is 2.49. The molecule has 5 heteroatoms. The lowest BCUT2D eigenvalue weighted by atomic mass is 10.1. The van der Waals surface area contributed by atoms with Crippen LogP contribution in [0.3, 0.4) is 0 Å². The molecule has 0 bridgehead atoms. The van der Waals surface area contributed by atoms with Crippen molar-refractivity contribution in [2.45, 2.75) is 6.54 Å². The van der Waals surface area contributed by atoms with Gasteiger partial charge in [-0.15, -0.1) is 0 Å². The molecule has 0 saturated carbocycles. The molecule has 1 heterocycles. The fraction of sp³-hybridized carbons (Fsp3) is 0.188. The first-order chi connectivity index (χ1) is 10.2. The lowest BCUT2D eigenvalue weighted by Gasteiger charge is -2.32. The summed E-state index contributed by atoms with van der Waals surface area (Å²) in [6.07, 6.45) is 0. The van der Waals surface area contributed by atoms with E-state index in [0.29, 0.717) is 18.9 Å². The molecule has 0 aliphatic carbocycles. The van der Waals surface area contributed by atoms with E-state index in [1.807, 2.05) is 24.3 Å². The van der Waals surface area contributed by atoms with Crippen LogP contribution >= 0.6 is 15.9 Å². The Hall–Kier alpha value is -2.01. The van der Waals surface area contributed by atoms with Gasteiger partial charge < -0.3 is 14.7 Å². The first-order valence-corrected chi connectivity index (χ1v) is 7.43. The van der Waals surface area contributed by atoms with Crippen LogP contribution in [0.5, 0.6) is 5.75 Å². The first-order valence-electron chi connectivity index (χ1n) is 6.64. The lowest BCUT2D eigenvalue weighted by Crippen LogP contribution is -2.33. The number of hydrogen-bond donors (Lipinski definition) is 1. The van der Waals surface area contributed by atoms with Gasteiger partial charge in [-0.2, -0.15) is 0 Å². The number of fused-ring (bicyclic) bond motifs is 1. The smallest absolute Gasteiger partial charge is 0.339 e. The molecule has 0 atom stereocenters. The van der Waals surface area contributed by atoms with Gasteiger partial charge in [-0.05, 0) is 23.8 Å². The quantitative estimate of drug-likeness (QED) is 0.922. The molecule has 0 saturated heterocycles. The van der Waals surface area contributed by atoms with Crippen molar-refractivity contribution in [2.24, 2.45) is 0 Å². The summed E-state index contributed by atoms with van der Waals surface area (Å²) in [5.74, 6) is -0.502. The third-order valence-corrected chi connectivity index (χ3v) is 4.27.